The average Bonchev–Trinajstić information content (AvgIpc) is 2.97. The normalized spacial score (nSPS) is 29.4. The maximum absolute atomic E-state index is 12.2. The van der Waals surface area contributed by atoms with Gasteiger partial charge in [0.25, 0.3) is 5.91 Å². The first-order valence-corrected chi connectivity index (χ1v) is 6.16. The fourth-order valence-corrected chi connectivity index (χ4v) is 2.92. The molecule has 0 aromatic carbocycles. The van der Waals surface area contributed by atoms with Crippen molar-refractivity contribution in [1.29, 1.82) is 0 Å². The zero-order valence-electron chi connectivity index (χ0n) is 9.96. The Morgan fingerprint density at radius 2 is 2.41 bits per heavy atom. The first-order valence-electron chi connectivity index (χ1n) is 6.16. The Morgan fingerprint density at radius 3 is 3.18 bits per heavy atom. The van der Waals surface area contributed by atoms with E-state index in [-0.39, 0.29) is 11.9 Å². The number of nitrogens with zero attached hydrogens (tertiary/aromatic N) is 4. The molecule has 0 aliphatic carbocycles. The summed E-state index contributed by atoms with van der Waals surface area (Å²) in [6.07, 6.45) is 3.95. The number of hydrogen-bond acceptors (Lipinski definition) is 4. The van der Waals surface area contributed by atoms with Gasteiger partial charge in [-0.05, 0) is 26.3 Å². The highest BCUT2D eigenvalue weighted by molar-refractivity contribution is 5.92. The van der Waals surface area contributed by atoms with E-state index in [2.05, 4.69) is 27.2 Å². The molecule has 1 aromatic heterocycles. The summed E-state index contributed by atoms with van der Waals surface area (Å²) in [5.74, 6) is -0.00204. The Morgan fingerprint density at radius 1 is 1.53 bits per heavy atom. The lowest BCUT2D eigenvalue weighted by Gasteiger charge is -2.41. The standard InChI is InChI=1S/C11H17N5O/c1-8-6-15-4-2-3-9(15)7-16(8)11(17)10-5-12-14-13-10/h5,8-9H,2-4,6-7H2,1H3,(H,12,13,14). The van der Waals surface area contributed by atoms with Gasteiger partial charge in [-0.2, -0.15) is 15.4 Å². The average molecular weight is 235 g/mol. The summed E-state index contributed by atoms with van der Waals surface area (Å²) in [5.41, 5.74) is 0.420. The minimum Gasteiger partial charge on any atom is -0.332 e. The summed E-state index contributed by atoms with van der Waals surface area (Å²) in [5, 5.41) is 10.1. The van der Waals surface area contributed by atoms with E-state index in [4.69, 9.17) is 0 Å². The van der Waals surface area contributed by atoms with Gasteiger partial charge in [0.1, 0.15) is 0 Å². The molecule has 6 heteroatoms. The van der Waals surface area contributed by atoms with Gasteiger partial charge < -0.3 is 4.90 Å². The van der Waals surface area contributed by atoms with E-state index in [1.165, 1.54) is 25.6 Å². The molecule has 6 nitrogen and oxygen atoms in total. The first-order chi connectivity index (χ1) is 8.25. The van der Waals surface area contributed by atoms with E-state index in [9.17, 15) is 4.79 Å². The molecule has 2 atom stereocenters. The molecule has 1 aromatic rings. The van der Waals surface area contributed by atoms with Crippen molar-refractivity contribution in [3.05, 3.63) is 11.9 Å². The van der Waals surface area contributed by atoms with Gasteiger partial charge in [0, 0.05) is 25.2 Å². The molecule has 3 heterocycles. The second-order valence-electron chi connectivity index (χ2n) is 4.95. The largest absolute Gasteiger partial charge is 0.332 e. The third-order valence-electron chi connectivity index (χ3n) is 3.83. The number of carbonyl (C=O) groups excluding carboxylic acids is 1. The van der Waals surface area contributed by atoms with E-state index in [1.54, 1.807) is 0 Å². The number of nitrogens with one attached hydrogen (secondary N) is 1. The molecule has 2 fully saturated rings. The monoisotopic (exact) mass is 235 g/mol. The highest BCUT2D eigenvalue weighted by Crippen LogP contribution is 2.25. The van der Waals surface area contributed by atoms with Crippen LogP contribution in [-0.2, 0) is 0 Å². The summed E-state index contributed by atoms with van der Waals surface area (Å²) >= 11 is 0. The smallest absolute Gasteiger partial charge is 0.276 e. The van der Waals surface area contributed by atoms with Gasteiger partial charge >= 0.3 is 0 Å². The van der Waals surface area contributed by atoms with Gasteiger partial charge in [-0.15, -0.1) is 0 Å². The Bertz CT molecular complexity index is 404. The third kappa shape index (κ3) is 1.82. The molecular formula is C11H17N5O. The van der Waals surface area contributed by atoms with Gasteiger partial charge in [0.05, 0.1) is 6.20 Å². The molecule has 3 rings (SSSR count). The summed E-state index contributed by atoms with van der Waals surface area (Å²) in [7, 11) is 0. The molecule has 2 aliphatic rings. The summed E-state index contributed by atoms with van der Waals surface area (Å²) in [6, 6.07) is 0.801. The number of amides is 1. The lowest BCUT2D eigenvalue weighted by molar-refractivity contribution is 0.0390. The van der Waals surface area contributed by atoms with Crippen LogP contribution in [0.4, 0.5) is 0 Å². The van der Waals surface area contributed by atoms with Crippen LogP contribution in [0.3, 0.4) is 0 Å². The van der Waals surface area contributed by atoms with Crippen LogP contribution in [0.5, 0.6) is 0 Å². The number of hydrogen-bond donors (Lipinski definition) is 1. The fourth-order valence-electron chi connectivity index (χ4n) is 2.92. The summed E-state index contributed by atoms with van der Waals surface area (Å²) in [4.78, 5) is 16.7. The van der Waals surface area contributed by atoms with Crippen LogP contribution >= 0.6 is 0 Å². The van der Waals surface area contributed by atoms with Crippen LogP contribution in [-0.4, -0.2) is 62.8 Å². The molecule has 1 N–H and O–H groups in total. The number of piperazine rings is 1. The fraction of sp³-hybridized carbons (Fsp3) is 0.727. The molecular weight excluding hydrogens is 218 g/mol. The van der Waals surface area contributed by atoms with Crippen molar-refractivity contribution in [3.63, 3.8) is 0 Å². The lowest BCUT2D eigenvalue weighted by Crippen LogP contribution is -2.56. The van der Waals surface area contributed by atoms with Crippen molar-refractivity contribution in [2.75, 3.05) is 19.6 Å². The molecule has 0 bridgehead atoms. The van der Waals surface area contributed by atoms with Gasteiger partial charge in [-0.3, -0.25) is 9.69 Å². The van der Waals surface area contributed by atoms with Crippen LogP contribution in [0.15, 0.2) is 6.20 Å². The lowest BCUT2D eigenvalue weighted by atomic mass is 10.1. The molecule has 1 amide bonds. The van der Waals surface area contributed by atoms with Crippen molar-refractivity contribution >= 4 is 5.91 Å². The quantitative estimate of drug-likeness (QED) is 0.750. The van der Waals surface area contributed by atoms with Crippen molar-refractivity contribution in [2.24, 2.45) is 0 Å². The van der Waals surface area contributed by atoms with Gasteiger partial charge in [-0.1, -0.05) is 0 Å². The zero-order valence-corrected chi connectivity index (χ0v) is 9.96. The number of H-pyrrole nitrogens is 1. The predicted molar refractivity (Wildman–Crippen MR) is 61.5 cm³/mol. The molecule has 0 radical (unpaired) electrons. The van der Waals surface area contributed by atoms with E-state index < -0.39 is 0 Å². The van der Waals surface area contributed by atoms with Crippen LogP contribution in [0.2, 0.25) is 0 Å². The Labute approximate surface area is 100.0 Å². The molecule has 2 saturated heterocycles. The van der Waals surface area contributed by atoms with Crippen LogP contribution in [0.25, 0.3) is 0 Å². The number of aromatic amines is 1. The Balaban J connectivity index is 1.76. The minimum atomic E-state index is -0.00204. The number of fused-ring (bicyclic) bond motifs is 1. The Kier molecular flexibility index (Phi) is 2.58. The number of rotatable bonds is 1. The highest BCUT2D eigenvalue weighted by Gasteiger charge is 2.37. The van der Waals surface area contributed by atoms with Crippen LogP contribution < -0.4 is 0 Å². The Hall–Kier alpha value is -1.43. The molecule has 17 heavy (non-hydrogen) atoms. The van der Waals surface area contributed by atoms with Crippen molar-refractivity contribution in [2.45, 2.75) is 31.8 Å². The van der Waals surface area contributed by atoms with Gasteiger partial charge in [0.15, 0.2) is 5.69 Å². The molecule has 2 aliphatic heterocycles. The molecule has 0 saturated carbocycles. The zero-order chi connectivity index (χ0) is 11.8. The van der Waals surface area contributed by atoms with Gasteiger partial charge in [-0.25, -0.2) is 0 Å². The maximum atomic E-state index is 12.2. The molecule has 92 valence electrons. The SMILES string of the molecule is CC1CN2CCCC2CN1C(=O)c1cn[nH]n1. The summed E-state index contributed by atoms with van der Waals surface area (Å²) in [6.45, 7) is 5.09. The second-order valence-corrected chi connectivity index (χ2v) is 4.95. The first kappa shape index (κ1) is 10.7. The van der Waals surface area contributed by atoms with Crippen molar-refractivity contribution < 1.29 is 4.79 Å². The van der Waals surface area contributed by atoms with E-state index in [1.807, 2.05) is 4.90 Å². The number of aromatic nitrogens is 3. The third-order valence-corrected chi connectivity index (χ3v) is 3.83. The predicted octanol–water partition coefficient (Wildman–Crippen LogP) is 0.113. The van der Waals surface area contributed by atoms with E-state index in [0.29, 0.717) is 11.7 Å². The number of carbonyl (C=O) groups is 1. The van der Waals surface area contributed by atoms with Crippen LogP contribution in [0.1, 0.15) is 30.3 Å². The van der Waals surface area contributed by atoms with E-state index in [0.717, 1.165) is 13.1 Å². The minimum absolute atomic E-state index is 0.00204. The van der Waals surface area contributed by atoms with Gasteiger partial charge in [0.2, 0.25) is 0 Å². The maximum Gasteiger partial charge on any atom is 0.276 e. The van der Waals surface area contributed by atoms with E-state index >= 15 is 0 Å². The topological polar surface area (TPSA) is 65.1 Å². The van der Waals surface area contributed by atoms with Crippen molar-refractivity contribution in [3.8, 4) is 0 Å². The molecule has 2 unspecified atom stereocenters. The second kappa shape index (κ2) is 4.10. The summed E-state index contributed by atoms with van der Waals surface area (Å²) < 4.78 is 0. The highest BCUT2D eigenvalue weighted by atomic mass is 16.2. The van der Waals surface area contributed by atoms with Crippen LogP contribution in [0, 0.1) is 0 Å². The molecule has 0 spiro atoms. The van der Waals surface area contributed by atoms with Crippen molar-refractivity contribution in [1.82, 2.24) is 25.2 Å².